The Morgan fingerprint density at radius 1 is 1.00 bits per heavy atom. The molecule has 5 aromatic rings. The molecule has 6 rings (SSSR count). The van der Waals surface area contributed by atoms with Crippen LogP contribution in [0.15, 0.2) is 110 Å². The number of furan rings is 1. The van der Waals surface area contributed by atoms with Crippen LogP contribution in [0.3, 0.4) is 0 Å². The van der Waals surface area contributed by atoms with Crippen LogP contribution in [0.5, 0.6) is 0 Å². The summed E-state index contributed by atoms with van der Waals surface area (Å²) in [4.78, 5) is 30.2. The minimum Gasteiger partial charge on any atom is -0.467 e. The molecule has 0 bridgehead atoms. The third-order valence-electron chi connectivity index (χ3n) is 6.39. The van der Waals surface area contributed by atoms with Crippen LogP contribution in [-0.2, 0) is 0 Å². The van der Waals surface area contributed by atoms with Gasteiger partial charge in [0.05, 0.1) is 17.5 Å². The highest BCUT2D eigenvalue weighted by molar-refractivity contribution is 9.10. The smallest absolute Gasteiger partial charge is 0.274 e. The molecule has 1 atom stereocenters. The Labute approximate surface area is 225 Å². The van der Waals surface area contributed by atoms with Gasteiger partial charge < -0.3 is 9.40 Å². The van der Waals surface area contributed by atoms with Crippen molar-refractivity contribution in [1.29, 1.82) is 0 Å². The van der Waals surface area contributed by atoms with Crippen LogP contribution in [0.1, 0.15) is 34.1 Å². The van der Waals surface area contributed by atoms with Crippen molar-refractivity contribution in [2.75, 3.05) is 0 Å². The first-order valence-electron chi connectivity index (χ1n) is 11.6. The number of rotatable bonds is 4. The Morgan fingerprint density at radius 3 is 2.59 bits per heavy atom. The fourth-order valence-corrected chi connectivity index (χ4v) is 5.30. The number of amides is 1. The Kier molecular flexibility index (Phi) is 6.02. The number of halogens is 2. The number of aromatic nitrogens is 1. The first-order valence-corrected chi connectivity index (χ1v) is 12.8. The van der Waals surface area contributed by atoms with Crippen LogP contribution >= 0.6 is 27.5 Å². The Hall–Kier alpha value is -3.94. The second-order valence-electron chi connectivity index (χ2n) is 8.70. The molecule has 2 aromatic heterocycles. The van der Waals surface area contributed by atoms with Gasteiger partial charge in [-0.3, -0.25) is 9.59 Å². The van der Waals surface area contributed by atoms with Crippen LogP contribution in [0.4, 0.5) is 0 Å². The second-order valence-corrected chi connectivity index (χ2v) is 10.1. The third kappa shape index (κ3) is 4.30. The SMILES string of the molecule is O=C(c1cccc(Cl)c1)N1N=C(c2c(-c3ccccc3)c3cc(Br)ccc3[nH]c2=O)CC1c1ccco1. The summed E-state index contributed by atoms with van der Waals surface area (Å²) in [6.45, 7) is 0. The lowest BCUT2D eigenvalue weighted by atomic mass is 9.92. The number of benzene rings is 3. The topological polar surface area (TPSA) is 78.7 Å². The molecule has 1 N–H and O–H groups in total. The van der Waals surface area contributed by atoms with Crippen molar-refractivity contribution < 1.29 is 9.21 Å². The predicted molar refractivity (Wildman–Crippen MR) is 148 cm³/mol. The monoisotopic (exact) mass is 571 g/mol. The maximum Gasteiger partial charge on any atom is 0.274 e. The van der Waals surface area contributed by atoms with E-state index in [9.17, 15) is 9.59 Å². The van der Waals surface area contributed by atoms with E-state index in [0.29, 0.717) is 39.6 Å². The first-order chi connectivity index (χ1) is 18.0. The Morgan fingerprint density at radius 2 is 1.84 bits per heavy atom. The van der Waals surface area contributed by atoms with Gasteiger partial charge in [-0.15, -0.1) is 0 Å². The van der Waals surface area contributed by atoms with Crippen molar-refractivity contribution in [3.8, 4) is 11.1 Å². The van der Waals surface area contributed by atoms with Gasteiger partial charge in [0.1, 0.15) is 11.8 Å². The van der Waals surface area contributed by atoms with Crippen LogP contribution in [0.25, 0.3) is 22.0 Å². The number of carbonyl (C=O) groups excluding carboxylic acids is 1. The number of H-pyrrole nitrogens is 1. The van der Waals surface area contributed by atoms with Gasteiger partial charge in [-0.2, -0.15) is 5.10 Å². The molecule has 1 aliphatic heterocycles. The van der Waals surface area contributed by atoms with Crippen LogP contribution < -0.4 is 5.56 Å². The minimum absolute atomic E-state index is 0.275. The van der Waals surface area contributed by atoms with E-state index in [1.54, 1.807) is 42.7 Å². The summed E-state index contributed by atoms with van der Waals surface area (Å²) in [5.74, 6) is 0.246. The number of hydrazone groups is 1. The molecule has 0 fully saturated rings. The molecule has 37 heavy (non-hydrogen) atoms. The first kappa shape index (κ1) is 23.5. The number of aromatic amines is 1. The summed E-state index contributed by atoms with van der Waals surface area (Å²) >= 11 is 9.72. The lowest BCUT2D eigenvalue weighted by Crippen LogP contribution is -2.26. The largest absolute Gasteiger partial charge is 0.467 e. The Bertz CT molecular complexity index is 1730. The molecule has 0 aliphatic carbocycles. The summed E-state index contributed by atoms with van der Waals surface area (Å²) in [6, 6.07) is 25.2. The van der Waals surface area contributed by atoms with Gasteiger partial charge in [0.15, 0.2) is 0 Å². The number of fused-ring (bicyclic) bond motifs is 1. The second kappa shape index (κ2) is 9.50. The van der Waals surface area contributed by atoms with E-state index in [2.05, 4.69) is 20.9 Å². The zero-order valence-corrected chi connectivity index (χ0v) is 21.7. The van der Waals surface area contributed by atoms with Gasteiger partial charge in [-0.1, -0.05) is 63.9 Å². The summed E-state index contributed by atoms with van der Waals surface area (Å²) in [6.07, 6.45) is 1.87. The van der Waals surface area contributed by atoms with E-state index in [1.807, 2.05) is 48.5 Å². The van der Waals surface area contributed by atoms with Crippen LogP contribution in [0, 0.1) is 0 Å². The number of hydrogen-bond acceptors (Lipinski definition) is 4. The molecule has 0 saturated heterocycles. The van der Waals surface area contributed by atoms with E-state index in [1.165, 1.54) is 5.01 Å². The lowest BCUT2D eigenvalue weighted by Gasteiger charge is -2.20. The molecular weight excluding hydrogens is 554 g/mol. The third-order valence-corrected chi connectivity index (χ3v) is 7.12. The van der Waals surface area contributed by atoms with Crippen LogP contribution in [-0.4, -0.2) is 21.6 Å². The van der Waals surface area contributed by atoms with Gasteiger partial charge in [0.25, 0.3) is 11.5 Å². The van der Waals surface area contributed by atoms with Gasteiger partial charge in [0, 0.05) is 37.9 Å². The van der Waals surface area contributed by atoms with E-state index >= 15 is 0 Å². The molecule has 0 radical (unpaired) electrons. The van der Waals surface area contributed by atoms with Crippen molar-refractivity contribution in [2.24, 2.45) is 5.10 Å². The standard InChI is InChI=1S/C29H19BrClN3O3/c30-19-11-12-22-21(15-19)26(17-6-2-1-3-7-17)27(28(35)32-22)23-16-24(25-10-5-13-37-25)34(33-23)29(36)18-8-4-9-20(31)14-18/h1-15,24H,16H2,(H,32,35). The van der Waals surface area contributed by atoms with Crippen molar-refractivity contribution in [3.05, 3.63) is 128 Å². The number of hydrogen-bond donors (Lipinski definition) is 1. The molecule has 1 amide bonds. The number of nitrogens with one attached hydrogen (secondary N) is 1. The number of nitrogens with zero attached hydrogens (tertiary/aromatic N) is 2. The molecule has 1 aliphatic rings. The molecule has 3 heterocycles. The van der Waals surface area contributed by atoms with E-state index in [-0.39, 0.29) is 11.5 Å². The fraction of sp³-hybridized carbons (Fsp3) is 0.0690. The maximum atomic E-state index is 13.6. The van der Waals surface area contributed by atoms with Crippen molar-refractivity contribution in [3.63, 3.8) is 0 Å². The summed E-state index contributed by atoms with van der Waals surface area (Å²) in [7, 11) is 0. The quantitative estimate of drug-likeness (QED) is 0.247. The van der Waals surface area contributed by atoms with E-state index in [0.717, 1.165) is 21.0 Å². The van der Waals surface area contributed by atoms with Crippen molar-refractivity contribution in [2.45, 2.75) is 12.5 Å². The minimum atomic E-state index is -0.516. The van der Waals surface area contributed by atoms with Crippen molar-refractivity contribution in [1.82, 2.24) is 9.99 Å². The molecule has 1 unspecified atom stereocenters. The Balaban J connectivity index is 1.57. The zero-order valence-electron chi connectivity index (χ0n) is 19.3. The molecule has 0 spiro atoms. The lowest BCUT2D eigenvalue weighted by molar-refractivity contribution is 0.0693. The molecule has 8 heteroatoms. The highest BCUT2D eigenvalue weighted by atomic mass is 79.9. The van der Waals surface area contributed by atoms with E-state index < -0.39 is 6.04 Å². The van der Waals surface area contributed by atoms with Gasteiger partial charge in [-0.05, 0) is 54.1 Å². The van der Waals surface area contributed by atoms with Crippen LogP contribution in [0.2, 0.25) is 5.02 Å². The summed E-state index contributed by atoms with van der Waals surface area (Å²) in [5, 5.41) is 7.45. The summed E-state index contributed by atoms with van der Waals surface area (Å²) < 4.78 is 6.57. The molecule has 3 aromatic carbocycles. The van der Waals surface area contributed by atoms with Crippen molar-refractivity contribution >= 4 is 50.1 Å². The normalized spacial score (nSPS) is 15.2. The average molecular weight is 573 g/mol. The van der Waals surface area contributed by atoms with Gasteiger partial charge in [-0.25, -0.2) is 5.01 Å². The number of carbonyl (C=O) groups is 1. The highest BCUT2D eigenvalue weighted by Gasteiger charge is 2.37. The summed E-state index contributed by atoms with van der Waals surface area (Å²) in [5.41, 5.74) is 3.40. The molecule has 6 nitrogen and oxygen atoms in total. The van der Waals surface area contributed by atoms with Gasteiger partial charge in [0.2, 0.25) is 0 Å². The zero-order chi connectivity index (χ0) is 25.5. The highest BCUT2D eigenvalue weighted by Crippen LogP contribution is 2.38. The number of pyridine rings is 1. The molecule has 182 valence electrons. The predicted octanol–water partition coefficient (Wildman–Crippen LogP) is 7.20. The molecule has 0 saturated carbocycles. The fourth-order valence-electron chi connectivity index (χ4n) is 4.75. The van der Waals surface area contributed by atoms with E-state index in [4.69, 9.17) is 21.1 Å². The average Bonchev–Trinajstić information content (AvgIpc) is 3.59. The molecular formula is C29H19BrClN3O3. The van der Waals surface area contributed by atoms with Gasteiger partial charge >= 0.3 is 0 Å². The maximum absolute atomic E-state index is 13.6.